The molecule has 1 nitrogen and oxygen atoms in total. The van der Waals surface area contributed by atoms with Crippen molar-refractivity contribution in [1.29, 1.82) is 0 Å². The first-order valence-corrected chi connectivity index (χ1v) is 15.8. The topological polar surface area (TPSA) is 12.9 Å². The molecule has 214 valence electrons. The van der Waals surface area contributed by atoms with E-state index in [0.29, 0.717) is 0 Å². The molecule has 0 unspecified atom stereocenters. The fraction of sp³-hybridized carbons (Fsp3) is 0. The van der Waals surface area contributed by atoms with Crippen LogP contribution in [0, 0.1) is 0 Å². The van der Waals surface area contributed by atoms with Crippen LogP contribution in [0.1, 0.15) is 0 Å². The highest BCUT2D eigenvalue weighted by Crippen LogP contribution is 2.46. The lowest BCUT2D eigenvalue weighted by Gasteiger charge is -2.19. The van der Waals surface area contributed by atoms with Gasteiger partial charge in [0.15, 0.2) is 0 Å². The third kappa shape index (κ3) is 4.21. The second-order valence-electron chi connectivity index (χ2n) is 11.9. The number of nitrogens with zero attached hydrogens (tertiary/aromatic N) is 1. The van der Waals surface area contributed by atoms with Gasteiger partial charge in [0.1, 0.15) is 0 Å². The van der Waals surface area contributed by atoms with E-state index in [4.69, 9.17) is 4.98 Å². The molecule has 0 bridgehead atoms. The Morgan fingerprint density at radius 1 is 0.304 bits per heavy atom. The molecule has 0 atom stereocenters. The highest BCUT2D eigenvalue weighted by molar-refractivity contribution is 6.23. The van der Waals surface area contributed by atoms with Crippen molar-refractivity contribution in [2.75, 3.05) is 0 Å². The summed E-state index contributed by atoms with van der Waals surface area (Å²) in [6.07, 6.45) is 1.90. The minimum Gasteiger partial charge on any atom is -0.256 e. The largest absolute Gasteiger partial charge is 0.256 e. The fourth-order valence-electron chi connectivity index (χ4n) is 7.30. The molecule has 0 saturated carbocycles. The van der Waals surface area contributed by atoms with Gasteiger partial charge in [0.05, 0.1) is 5.69 Å². The van der Waals surface area contributed by atoms with Crippen LogP contribution in [0.2, 0.25) is 0 Å². The molecule has 0 spiro atoms. The molecule has 0 saturated heterocycles. The standard InChI is InChI=1S/C45H29N/c1-3-19-34-30(13-1)15-10-25-37(34)44-40-23-7-5-21-38(40)43(39-22-6-8-24-41(39)44)33-18-9-17-32(29-33)36-27-12-28-46-45(36)42-26-11-16-31-14-2-4-20-35(31)42/h1-29H. The van der Waals surface area contributed by atoms with Crippen LogP contribution in [0.4, 0.5) is 0 Å². The van der Waals surface area contributed by atoms with Gasteiger partial charge in [-0.2, -0.15) is 0 Å². The summed E-state index contributed by atoms with van der Waals surface area (Å²) in [7, 11) is 0. The number of hydrogen-bond acceptors (Lipinski definition) is 1. The van der Waals surface area contributed by atoms with Crippen LogP contribution < -0.4 is 0 Å². The highest BCUT2D eigenvalue weighted by Gasteiger charge is 2.19. The van der Waals surface area contributed by atoms with E-state index in [-0.39, 0.29) is 0 Å². The summed E-state index contributed by atoms with van der Waals surface area (Å²) in [5.74, 6) is 0. The summed E-state index contributed by atoms with van der Waals surface area (Å²) >= 11 is 0. The normalized spacial score (nSPS) is 11.5. The number of aromatic nitrogens is 1. The molecule has 0 radical (unpaired) electrons. The van der Waals surface area contributed by atoms with Crippen molar-refractivity contribution in [3.8, 4) is 44.6 Å². The summed E-state index contributed by atoms with van der Waals surface area (Å²) in [4.78, 5) is 4.95. The van der Waals surface area contributed by atoms with E-state index >= 15 is 0 Å². The van der Waals surface area contributed by atoms with Gasteiger partial charge < -0.3 is 0 Å². The van der Waals surface area contributed by atoms with Crippen LogP contribution in [0.15, 0.2) is 176 Å². The van der Waals surface area contributed by atoms with E-state index in [1.165, 1.54) is 65.3 Å². The lowest BCUT2D eigenvalue weighted by molar-refractivity contribution is 1.33. The first kappa shape index (κ1) is 26.4. The van der Waals surface area contributed by atoms with Gasteiger partial charge in [-0.15, -0.1) is 0 Å². The number of rotatable bonds is 4. The molecule has 1 heterocycles. The monoisotopic (exact) mass is 583 g/mol. The molecule has 9 aromatic rings. The number of hydrogen-bond donors (Lipinski definition) is 0. The molecule has 46 heavy (non-hydrogen) atoms. The van der Waals surface area contributed by atoms with Crippen LogP contribution in [0.3, 0.4) is 0 Å². The summed E-state index contributed by atoms with van der Waals surface area (Å²) in [5.41, 5.74) is 9.43. The van der Waals surface area contributed by atoms with Crippen LogP contribution in [0.25, 0.3) is 87.7 Å². The lowest BCUT2D eigenvalue weighted by atomic mass is 9.84. The predicted octanol–water partition coefficient (Wildman–Crippen LogP) is 12.4. The Hall–Kier alpha value is -6.05. The third-order valence-corrected chi connectivity index (χ3v) is 9.31. The Balaban J connectivity index is 1.30. The van der Waals surface area contributed by atoms with E-state index in [9.17, 15) is 0 Å². The first-order chi connectivity index (χ1) is 22.8. The van der Waals surface area contributed by atoms with Crippen molar-refractivity contribution >= 4 is 43.1 Å². The van der Waals surface area contributed by atoms with Crippen molar-refractivity contribution in [2.45, 2.75) is 0 Å². The van der Waals surface area contributed by atoms with E-state index in [1.54, 1.807) is 0 Å². The Labute approximate surface area is 268 Å². The SMILES string of the molecule is c1cc(-c2cccnc2-c2cccc3ccccc23)cc(-c2c3ccccc3c(-c3cccc4ccccc34)c3ccccc23)c1. The van der Waals surface area contributed by atoms with Crippen LogP contribution in [-0.2, 0) is 0 Å². The van der Waals surface area contributed by atoms with Gasteiger partial charge in [-0.25, -0.2) is 0 Å². The molecule has 1 heteroatoms. The molecule has 8 aromatic carbocycles. The molecule has 0 N–H and O–H groups in total. The predicted molar refractivity (Wildman–Crippen MR) is 196 cm³/mol. The summed E-state index contributed by atoms with van der Waals surface area (Å²) in [6, 6.07) is 61.4. The van der Waals surface area contributed by atoms with Crippen LogP contribution in [-0.4, -0.2) is 4.98 Å². The van der Waals surface area contributed by atoms with Crippen molar-refractivity contribution in [3.63, 3.8) is 0 Å². The van der Waals surface area contributed by atoms with Crippen molar-refractivity contribution in [2.24, 2.45) is 0 Å². The van der Waals surface area contributed by atoms with Crippen molar-refractivity contribution in [3.05, 3.63) is 176 Å². The third-order valence-electron chi connectivity index (χ3n) is 9.31. The van der Waals surface area contributed by atoms with E-state index in [2.05, 4.69) is 164 Å². The Bertz CT molecular complexity index is 2530. The quantitative estimate of drug-likeness (QED) is 0.188. The van der Waals surface area contributed by atoms with Gasteiger partial charge in [-0.3, -0.25) is 4.98 Å². The average Bonchev–Trinajstić information content (AvgIpc) is 3.13. The van der Waals surface area contributed by atoms with Gasteiger partial charge >= 0.3 is 0 Å². The summed E-state index contributed by atoms with van der Waals surface area (Å²) in [5, 5.41) is 9.97. The second-order valence-corrected chi connectivity index (χ2v) is 11.9. The molecule has 0 aliphatic heterocycles. The maximum absolute atomic E-state index is 4.95. The van der Waals surface area contributed by atoms with E-state index < -0.39 is 0 Å². The van der Waals surface area contributed by atoms with Crippen LogP contribution >= 0.6 is 0 Å². The smallest absolute Gasteiger partial charge is 0.0786 e. The summed E-state index contributed by atoms with van der Waals surface area (Å²) < 4.78 is 0. The number of pyridine rings is 1. The second kappa shape index (κ2) is 10.8. The van der Waals surface area contributed by atoms with Gasteiger partial charge in [0.25, 0.3) is 0 Å². The Morgan fingerprint density at radius 3 is 1.41 bits per heavy atom. The Kier molecular flexibility index (Phi) is 6.21. The molecule has 1 aromatic heterocycles. The van der Waals surface area contributed by atoms with Gasteiger partial charge in [0.2, 0.25) is 0 Å². The summed E-state index contributed by atoms with van der Waals surface area (Å²) in [6.45, 7) is 0. The molecule has 0 aliphatic carbocycles. The van der Waals surface area contributed by atoms with E-state index in [0.717, 1.165) is 22.4 Å². The Morgan fingerprint density at radius 2 is 0.761 bits per heavy atom. The van der Waals surface area contributed by atoms with Gasteiger partial charge in [-0.05, 0) is 83.0 Å². The number of fused-ring (bicyclic) bond motifs is 4. The molecule has 0 fully saturated rings. The first-order valence-electron chi connectivity index (χ1n) is 15.8. The van der Waals surface area contributed by atoms with Crippen molar-refractivity contribution in [1.82, 2.24) is 4.98 Å². The maximum atomic E-state index is 4.95. The molecule has 0 aliphatic rings. The van der Waals surface area contributed by atoms with Gasteiger partial charge in [0, 0.05) is 17.3 Å². The zero-order valence-electron chi connectivity index (χ0n) is 25.2. The van der Waals surface area contributed by atoms with Crippen molar-refractivity contribution < 1.29 is 0 Å². The average molecular weight is 584 g/mol. The molecular formula is C45H29N. The molecule has 9 rings (SSSR count). The molecular weight excluding hydrogens is 555 g/mol. The minimum absolute atomic E-state index is 0.998. The minimum atomic E-state index is 0.998. The highest BCUT2D eigenvalue weighted by atomic mass is 14.7. The van der Waals surface area contributed by atoms with E-state index in [1.807, 2.05) is 12.3 Å². The van der Waals surface area contributed by atoms with Crippen LogP contribution in [0.5, 0.6) is 0 Å². The van der Waals surface area contributed by atoms with Gasteiger partial charge in [-0.1, -0.05) is 158 Å². The lowest BCUT2D eigenvalue weighted by Crippen LogP contribution is -1.93. The molecule has 0 amide bonds. The zero-order valence-corrected chi connectivity index (χ0v) is 25.2. The number of benzene rings is 8. The fourth-order valence-corrected chi connectivity index (χ4v) is 7.30. The maximum Gasteiger partial charge on any atom is 0.0786 e. The zero-order chi connectivity index (χ0) is 30.5.